The second-order valence-electron chi connectivity index (χ2n) is 12.8. The molecule has 3 aliphatic rings. The highest BCUT2D eigenvalue weighted by molar-refractivity contribution is 7.48. The standard InChI is InChI=1S/C26H38FN10O18P3/c1-10-14-20(32-25(28)31-10)36(8-30-14)24-19(48-3)17(39)13(54-24)7-52-58(46,47)50-5-11(55-56(27,42)43)4-49-57(44,45)51-6-12-16(38)18(40)23(53-12)37-9-35(2)15-21(37)33-26(29)34-22(15)41/h8-9,11-13,16-19,23-24,38-40H,1,4-7H2,2-3H3,(H8-,28,29,31,32,33,34,41,42,43,44,45,46,47)/p+2/t11?,12-,13?,16-,17-,18-,19-,23?,24-/m1/s1. The number of rotatable bonds is 17. The van der Waals surface area contributed by atoms with E-state index in [9.17, 15) is 47.8 Å². The number of phosphoric ester groups is 2. The van der Waals surface area contributed by atoms with Crippen molar-refractivity contribution < 1.29 is 93.9 Å². The third-order valence-corrected chi connectivity index (χ3v) is 11.3. The molecule has 322 valence electrons. The fraction of sp³-hybridized carbons (Fsp3) is 0.577. The molecule has 0 aliphatic carbocycles. The molecule has 12 atom stereocenters. The highest BCUT2D eigenvalue weighted by Gasteiger charge is 2.50. The minimum absolute atomic E-state index is 0.0138. The summed E-state index contributed by atoms with van der Waals surface area (Å²) >= 11 is 0. The van der Waals surface area contributed by atoms with Gasteiger partial charge in [-0.15, -0.1) is 4.20 Å². The number of imidazole rings is 2. The van der Waals surface area contributed by atoms with Crippen molar-refractivity contribution >= 4 is 58.1 Å². The lowest BCUT2D eigenvalue weighted by Gasteiger charge is -2.22. The smallest absolute Gasteiger partial charge is 0.387 e. The van der Waals surface area contributed by atoms with E-state index in [4.69, 9.17) is 48.7 Å². The molecule has 3 aliphatic heterocycles. The maximum Gasteiger partial charge on any atom is 0.510 e. The van der Waals surface area contributed by atoms with E-state index in [1.807, 2.05) is 0 Å². The number of methoxy groups -OCH3 is 1. The van der Waals surface area contributed by atoms with Crippen LogP contribution in [-0.2, 0) is 57.6 Å². The van der Waals surface area contributed by atoms with Crippen molar-refractivity contribution in [2.75, 3.05) is 39.3 Å². The normalized spacial score (nSPS) is 29.7. The van der Waals surface area contributed by atoms with E-state index in [-0.39, 0.29) is 28.9 Å². The van der Waals surface area contributed by atoms with Gasteiger partial charge in [0.1, 0.15) is 42.7 Å². The van der Waals surface area contributed by atoms with Gasteiger partial charge in [-0.05, 0) is 0 Å². The highest BCUT2D eigenvalue weighted by Crippen LogP contribution is 2.50. The molecule has 32 heteroatoms. The lowest BCUT2D eigenvalue weighted by atomic mass is 10.1. The van der Waals surface area contributed by atoms with Crippen molar-refractivity contribution in [2.45, 2.75) is 55.2 Å². The molecule has 0 spiro atoms. The number of aliphatic imine (C=N–C) groups is 1. The summed E-state index contributed by atoms with van der Waals surface area (Å²) in [6, 6.07) is 0. The molecule has 0 radical (unpaired) electrons. The maximum absolute atomic E-state index is 13.7. The zero-order valence-corrected chi connectivity index (χ0v) is 32.8. The molecule has 3 aromatic rings. The van der Waals surface area contributed by atoms with Gasteiger partial charge in [0.15, 0.2) is 18.3 Å². The fourth-order valence-corrected chi connectivity index (χ4v) is 8.24. The molecule has 28 nitrogen and oxygen atoms in total. The number of guanidine groups is 1. The Morgan fingerprint density at radius 3 is 2.19 bits per heavy atom. The third kappa shape index (κ3) is 9.56. The van der Waals surface area contributed by atoms with Crippen LogP contribution < -0.4 is 31.5 Å². The third-order valence-electron chi connectivity index (χ3n) is 8.81. The summed E-state index contributed by atoms with van der Waals surface area (Å²) in [7, 11) is -13.6. The molecular formula is C26H40FN10O18P3+2. The predicted octanol–water partition coefficient (Wildman–Crippen LogP) is -3.42. The lowest BCUT2D eigenvalue weighted by Crippen LogP contribution is -2.47. The molecule has 3 aromatic heterocycles. The van der Waals surface area contributed by atoms with E-state index in [1.165, 1.54) is 40.5 Å². The molecule has 6 unspecified atom stereocenters. The number of halogens is 1. The molecule has 0 aromatic carbocycles. The Hall–Kier alpha value is -3.57. The van der Waals surface area contributed by atoms with E-state index in [0.717, 1.165) is 0 Å². The van der Waals surface area contributed by atoms with Crippen LogP contribution in [0.5, 0.6) is 0 Å². The number of hydrogen-bond donors (Lipinski definition) is 11. The van der Waals surface area contributed by atoms with Crippen molar-refractivity contribution in [3.05, 3.63) is 35.3 Å². The summed E-state index contributed by atoms with van der Waals surface area (Å²) < 4.78 is 94.8. The van der Waals surface area contributed by atoms with Crippen molar-refractivity contribution in [3.8, 4) is 0 Å². The largest absolute Gasteiger partial charge is 0.510 e. The minimum atomic E-state index is -5.89. The highest BCUT2D eigenvalue weighted by atomic mass is 31.2. The SMILES string of the molecule is C=C1NC(N)=Nc2c1[nH]c[n+]2[C@@H]1OC(COP(=O)(O)OCC(COP(=O)(O)OC[C@H]2OC([n+]3cn(C)c4c(=O)[nH]c(N)nc43)[C@H](O)[C@@H]2O)OP(=O)(O)F)[C@@H](O)[C@H]1OC. The number of nitrogens with one attached hydrogen (secondary N) is 3. The van der Waals surface area contributed by atoms with Crippen molar-refractivity contribution in [3.63, 3.8) is 0 Å². The van der Waals surface area contributed by atoms with Gasteiger partial charge >= 0.3 is 35.0 Å². The van der Waals surface area contributed by atoms with Crippen molar-refractivity contribution in [1.29, 1.82) is 0 Å². The van der Waals surface area contributed by atoms with Crippen molar-refractivity contribution in [2.24, 2.45) is 17.8 Å². The molecule has 6 heterocycles. The van der Waals surface area contributed by atoms with Crippen LogP contribution in [0.3, 0.4) is 0 Å². The molecule has 2 saturated heterocycles. The first kappa shape index (κ1) is 44.0. The lowest BCUT2D eigenvalue weighted by molar-refractivity contribution is -0.754. The topological polar surface area (TPSA) is 397 Å². The molecule has 6 rings (SSSR count). The summed E-state index contributed by atoms with van der Waals surface area (Å²) in [6.07, 6.45) is -10.7. The van der Waals surface area contributed by atoms with E-state index < -0.39 is 111 Å². The average Bonchev–Trinajstić information content (AvgIpc) is 3.86. The van der Waals surface area contributed by atoms with Crippen LogP contribution in [0.2, 0.25) is 0 Å². The number of H-pyrrole nitrogens is 2. The second kappa shape index (κ2) is 16.8. The van der Waals surface area contributed by atoms with Gasteiger partial charge in [-0.3, -0.25) is 46.8 Å². The number of aliphatic hydroxyl groups excluding tert-OH is 3. The molecule has 0 amide bonds. The van der Waals surface area contributed by atoms with E-state index in [2.05, 4.69) is 36.4 Å². The number of aromatic nitrogens is 6. The Bertz CT molecular complexity index is 2270. The molecule has 0 saturated carbocycles. The Morgan fingerprint density at radius 1 is 0.983 bits per heavy atom. The van der Waals surface area contributed by atoms with Gasteiger partial charge in [-0.2, -0.15) is 0 Å². The second-order valence-corrected chi connectivity index (χ2v) is 16.9. The number of phosphoric acid groups is 2. The summed E-state index contributed by atoms with van der Waals surface area (Å²) in [5, 5.41) is 34.9. The number of aromatic amines is 2. The Kier molecular flexibility index (Phi) is 12.8. The summed E-state index contributed by atoms with van der Waals surface area (Å²) in [6.45, 7) is -0.439. The van der Waals surface area contributed by atoms with E-state index in [0.29, 0.717) is 11.4 Å². The first-order valence-corrected chi connectivity index (χ1v) is 21.1. The predicted molar refractivity (Wildman–Crippen MR) is 186 cm³/mol. The molecular weight excluding hydrogens is 852 g/mol. The average molecular weight is 893 g/mol. The van der Waals surface area contributed by atoms with Crippen LogP contribution in [-0.4, -0.2) is 132 Å². The zero-order chi connectivity index (χ0) is 42.5. The number of nitrogen functional groups attached to an aromatic ring is 1. The molecule has 13 N–H and O–H groups in total. The van der Waals surface area contributed by atoms with Gasteiger partial charge in [0.25, 0.3) is 17.5 Å². The number of anilines is 1. The molecule has 0 bridgehead atoms. The monoisotopic (exact) mass is 892 g/mol. The fourth-order valence-electron chi connectivity index (χ4n) is 6.22. The zero-order valence-electron chi connectivity index (χ0n) is 30.1. The Labute approximate surface area is 324 Å². The summed E-state index contributed by atoms with van der Waals surface area (Å²) in [4.78, 5) is 55.5. The quantitative estimate of drug-likeness (QED) is 0.0464. The van der Waals surface area contributed by atoms with Gasteiger partial charge in [-0.1, -0.05) is 16.6 Å². The number of ether oxygens (including phenoxy) is 3. The Balaban J connectivity index is 1.03. The van der Waals surface area contributed by atoms with Crippen LogP contribution in [0, 0.1) is 0 Å². The van der Waals surface area contributed by atoms with Crippen molar-refractivity contribution in [1.82, 2.24) is 24.8 Å². The van der Waals surface area contributed by atoms with E-state index in [1.54, 1.807) is 0 Å². The van der Waals surface area contributed by atoms with Crippen LogP contribution in [0.4, 0.5) is 16.0 Å². The van der Waals surface area contributed by atoms with E-state index >= 15 is 0 Å². The van der Waals surface area contributed by atoms with Crippen LogP contribution in [0.25, 0.3) is 16.9 Å². The number of hydrogen-bond acceptors (Lipinski definition) is 20. The van der Waals surface area contributed by atoms with Gasteiger partial charge in [0.2, 0.25) is 18.0 Å². The number of nitrogens with two attached hydrogens (primary N) is 2. The van der Waals surface area contributed by atoms with Crippen LogP contribution >= 0.6 is 23.6 Å². The van der Waals surface area contributed by atoms with Gasteiger partial charge in [-0.25, -0.2) is 22.8 Å². The first-order chi connectivity index (χ1) is 27.1. The summed E-state index contributed by atoms with van der Waals surface area (Å²) in [5.41, 5.74) is 11.6. The number of aryl methyl sites for hydroxylation is 1. The maximum atomic E-state index is 13.7. The molecule has 2 fully saturated rings. The van der Waals surface area contributed by atoms with Crippen LogP contribution in [0.15, 0.2) is 29.0 Å². The number of aliphatic hydroxyl groups is 3. The Morgan fingerprint density at radius 2 is 1.59 bits per heavy atom. The first-order valence-electron chi connectivity index (χ1n) is 16.6. The summed E-state index contributed by atoms with van der Waals surface area (Å²) in [5.74, 6) is 0.0119. The minimum Gasteiger partial charge on any atom is -0.387 e. The van der Waals surface area contributed by atoms with Crippen LogP contribution in [0.1, 0.15) is 18.1 Å². The molecule has 58 heavy (non-hydrogen) atoms. The van der Waals surface area contributed by atoms with Gasteiger partial charge in [0.05, 0.1) is 39.2 Å². The number of fused-ring (bicyclic) bond motifs is 2. The number of nitrogens with zero attached hydrogens (tertiary/aromatic N) is 5. The van der Waals surface area contributed by atoms with Gasteiger partial charge < -0.3 is 56.1 Å². The van der Waals surface area contributed by atoms with Gasteiger partial charge in [0, 0.05) is 7.11 Å².